The number of carbonyl (C=O) groups excluding carboxylic acids is 1. The molecule has 7 heteroatoms. The van der Waals surface area contributed by atoms with Gasteiger partial charge in [-0.3, -0.25) is 9.59 Å². The van der Waals surface area contributed by atoms with Crippen molar-refractivity contribution in [3.8, 4) is 5.75 Å². The maximum atomic E-state index is 13.6. The summed E-state index contributed by atoms with van der Waals surface area (Å²) in [5.74, 6) is 0.616. The Kier molecular flexibility index (Phi) is 7.05. The molecule has 0 unspecified atom stereocenters. The van der Waals surface area contributed by atoms with Crippen molar-refractivity contribution < 1.29 is 13.9 Å². The smallest absolute Gasteiger partial charge is 0.290 e. The number of amides is 1. The zero-order valence-electron chi connectivity index (χ0n) is 19.3. The molecule has 1 amide bonds. The lowest BCUT2D eigenvalue weighted by atomic mass is 9.98. The van der Waals surface area contributed by atoms with Gasteiger partial charge in [-0.15, -0.1) is 0 Å². The van der Waals surface area contributed by atoms with Gasteiger partial charge in [0.2, 0.25) is 5.76 Å². The third-order valence-electron chi connectivity index (χ3n) is 6.20. The van der Waals surface area contributed by atoms with Crippen LogP contribution in [0.1, 0.15) is 54.9 Å². The van der Waals surface area contributed by atoms with Crippen molar-refractivity contribution in [2.75, 3.05) is 32.8 Å². The fraction of sp³-hybridized carbons (Fsp3) is 0.385. The van der Waals surface area contributed by atoms with E-state index in [1.165, 1.54) is 0 Å². The second-order valence-corrected chi connectivity index (χ2v) is 8.53. The Morgan fingerprint density at radius 2 is 1.79 bits per heavy atom. The van der Waals surface area contributed by atoms with Crippen molar-refractivity contribution in [2.45, 2.75) is 33.2 Å². The Bertz CT molecular complexity index is 1200. The summed E-state index contributed by atoms with van der Waals surface area (Å²) in [5.41, 5.74) is 1.38. The topological polar surface area (TPSA) is 63.0 Å². The number of benzene rings is 2. The first kappa shape index (κ1) is 23.3. The molecular weight excluding hydrogens is 440 g/mol. The average molecular weight is 469 g/mol. The van der Waals surface area contributed by atoms with Crippen LogP contribution in [-0.2, 0) is 0 Å². The lowest BCUT2D eigenvalue weighted by Gasteiger charge is -2.26. The number of hydrogen-bond acceptors (Lipinski definition) is 5. The van der Waals surface area contributed by atoms with Gasteiger partial charge in [-0.05, 0) is 68.9 Å². The molecule has 0 saturated heterocycles. The minimum Gasteiger partial charge on any atom is -0.494 e. The number of nitrogens with zero attached hydrogens (tertiary/aromatic N) is 2. The lowest BCUT2D eigenvalue weighted by Crippen LogP contribution is -2.33. The Balaban J connectivity index is 1.78. The maximum absolute atomic E-state index is 13.6. The van der Waals surface area contributed by atoms with Crippen LogP contribution < -0.4 is 10.2 Å². The summed E-state index contributed by atoms with van der Waals surface area (Å²) >= 11 is 6.15. The van der Waals surface area contributed by atoms with Gasteiger partial charge in [0.25, 0.3) is 5.91 Å². The SMILES string of the molecule is CCOc1ccc([C@H]2c3c(oc4ccc(Cl)cc4c3=O)C(=O)N2CCCN(CC)CC)cc1. The fourth-order valence-corrected chi connectivity index (χ4v) is 4.66. The highest BCUT2D eigenvalue weighted by molar-refractivity contribution is 6.31. The van der Waals surface area contributed by atoms with Crippen LogP contribution >= 0.6 is 11.6 Å². The van der Waals surface area contributed by atoms with Gasteiger partial charge in [0.15, 0.2) is 5.43 Å². The molecule has 6 nitrogen and oxygen atoms in total. The van der Waals surface area contributed by atoms with Crippen molar-refractivity contribution in [1.82, 2.24) is 9.80 Å². The normalized spacial score (nSPS) is 15.5. The minimum absolute atomic E-state index is 0.122. The fourth-order valence-electron chi connectivity index (χ4n) is 4.49. The summed E-state index contributed by atoms with van der Waals surface area (Å²) in [6, 6.07) is 12.0. The Hall–Kier alpha value is -2.83. The molecule has 3 aromatic rings. The quantitative estimate of drug-likeness (QED) is 0.436. The van der Waals surface area contributed by atoms with Crippen molar-refractivity contribution in [3.05, 3.63) is 74.6 Å². The van der Waals surface area contributed by atoms with Gasteiger partial charge in [-0.1, -0.05) is 37.6 Å². The van der Waals surface area contributed by atoms with Crippen LogP contribution in [0, 0.1) is 0 Å². The molecule has 0 aliphatic carbocycles. The van der Waals surface area contributed by atoms with Crippen LogP contribution in [0.25, 0.3) is 11.0 Å². The highest BCUT2D eigenvalue weighted by Crippen LogP contribution is 2.39. The number of fused-ring (bicyclic) bond motifs is 2. The Labute approximate surface area is 198 Å². The van der Waals surface area contributed by atoms with E-state index in [-0.39, 0.29) is 17.1 Å². The lowest BCUT2D eigenvalue weighted by molar-refractivity contribution is 0.0720. The molecule has 0 spiro atoms. The summed E-state index contributed by atoms with van der Waals surface area (Å²) in [7, 11) is 0. The highest BCUT2D eigenvalue weighted by Gasteiger charge is 2.42. The van der Waals surface area contributed by atoms with Gasteiger partial charge < -0.3 is 19.0 Å². The summed E-state index contributed by atoms with van der Waals surface area (Å²) in [4.78, 5) is 31.1. The first-order chi connectivity index (χ1) is 16.0. The van der Waals surface area contributed by atoms with Crippen LogP contribution in [0.2, 0.25) is 5.02 Å². The van der Waals surface area contributed by atoms with E-state index in [2.05, 4.69) is 18.7 Å². The highest BCUT2D eigenvalue weighted by atomic mass is 35.5. The van der Waals surface area contributed by atoms with E-state index >= 15 is 0 Å². The molecule has 0 fully saturated rings. The molecule has 1 aromatic heterocycles. The van der Waals surface area contributed by atoms with Crippen molar-refractivity contribution >= 4 is 28.5 Å². The number of ether oxygens (including phenoxy) is 1. The third kappa shape index (κ3) is 4.50. The second kappa shape index (κ2) is 9.98. The van der Waals surface area contributed by atoms with E-state index in [1.807, 2.05) is 31.2 Å². The molecule has 1 aliphatic rings. The van der Waals surface area contributed by atoms with Crippen molar-refractivity contribution in [2.24, 2.45) is 0 Å². The van der Waals surface area contributed by atoms with E-state index in [4.69, 9.17) is 20.8 Å². The largest absolute Gasteiger partial charge is 0.494 e. The van der Waals surface area contributed by atoms with Crippen molar-refractivity contribution in [3.63, 3.8) is 0 Å². The number of halogens is 1. The van der Waals surface area contributed by atoms with Crippen LogP contribution in [0.3, 0.4) is 0 Å². The molecule has 2 aromatic carbocycles. The molecule has 0 N–H and O–H groups in total. The predicted molar refractivity (Wildman–Crippen MR) is 130 cm³/mol. The third-order valence-corrected chi connectivity index (χ3v) is 6.44. The van der Waals surface area contributed by atoms with Crippen LogP contribution in [0.15, 0.2) is 51.7 Å². The maximum Gasteiger partial charge on any atom is 0.290 e. The molecule has 0 bridgehead atoms. The molecule has 33 heavy (non-hydrogen) atoms. The van der Waals surface area contributed by atoms with Crippen molar-refractivity contribution in [1.29, 1.82) is 0 Å². The van der Waals surface area contributed by atoms with Gasteiger partial charge in [-0.25, -0.2) is 0 Å². The monoisotopic (exact) mass is 468 g/mol. The predicted octanol–water partition coefficient (Wildman–Crippen LogP) is 5.12. The van der Waals surface area contributed by atoms with Gasteiger partial charge >= 0.3 is 0 Å². The molecule has 174 valence electrons. The molecule has 2 heterocycles. The number of carbonyl (C=O) groups is 1. The van der Waals surface area contributed by atoms with Crippen LogP contribution in [-0.4, -0.2) is 48.5 Å². The minimum atomic E-state index is -0.514. The first-order valence-electron chi connectivity index (χ1n) is 11.5. The number of hydrogen-bond donors (Lipinski definition) is 0. The first-order valence-corrected chi connectivity index (χ1v) is 11.9. The van der Waals surface area contributed by atoms with E-state index in [1.54, 1.807) is 23.1 Å². The van der Waals surface area contributed by atoms with Crippen LogP contribution in [0.4, 0.5) is 0 Å². The van der Waals surface area contributed by atoms with E-state index < -0.39 is 6.04 Å². The second-order valence-electron chi connectivity index (χ2n) is 8.10. The van der Waals surface area contributed by atoms with Gasteiger partial charge in [0, 0.05) is 11.6 Å². The molecule has 0 saturated carbocycles. The Morgan fingerprint density at radius 3 is 2.45 bits per heavy atom. The summed E-state index contributed by atoms with van der Waals surface area (Å²) in [5, 5.41) is 0.836. The van der Waals surface area contributed by atoms with Crippen LogP contribution in [0.5, 0.6) is 5.75 Å². The Morgan fingerprint density at radius 1 is 1.06 bits per heavy atom. The molecule has 0 radical (unpaired) electrons. The zero-order valence-corrected chi connectivity index (χ0v) is 20.0. The van der Waals surface area contributed by atoms with E-state index in [0.29, 0.717) is 34.7 Å². The molecule has 1 aliphatic heterocycles. The van der Waals surface area contributed by atoms with E-state index in [0.717, 1.165) is 37.4 Å². The standard InChI is InChI=1S/C26H29ClN2O4/c1-4-28(5-2)14-7-15-29-23(17-8-11-19(12-9-17)32-6-3)22-24(30)20-16-18(27)10-13-21(20)33-25(22)26(29)31/h8-13,16,23H,4-7,14-15H2,1-3H3/t23-/m0/s1. The summed E-state index contributed by atoms with van der Waals surface area (Å²) < 4.78 is 11.6. The van der Waals surface area contributed by atoms with Gasteiger partial charge in [-0.2, -0.15) is 0 Å². The van der Waals surface area contributed by atoms with E-state index in [9.17, 15) is 9.59 Å². The zero-order chi connectivity index (χ0) is 23.5. The molecule has 1 atom stereocenters. The van der Waals surface area contributed by atoms with Gasteiger partial charge in [0.05, 0.1) is 23.6 Å². The molecule has 4 rings (SSSR count). The molecular formula is C26H29ClN2O4. The van der Waals surface area contributed by atoms with Gasteiger partial charge in [0.1, 0.15) is 11.3 Å². The summed E-state index contributed by atoms with van der Waals surface area (Å²) in [6.07, 6.45) is 0.800. The summed E-state index contributed by atoms with van der Waals surface area (Å²) in [6.45, 7) is 10.1. The average Bonchev–Trinajstić information content (AvgIpc) is 3.10. The number of rotatable bonds is 9.